The van der Waals surface area contributed by atoms with Crippen LogP contribution < -0.4 is 0 Å². The van der Waals surface area contributed by atoms with E-state index in [-0.39, 0.29) is 6.10 Å². The Hall–Kier alpha value is -1.84. The maximum absolute atomic E-state index is 5.82. The second kappa shape index (κ2) is 4.37. The Balaban J connectivity index is 1.95. The molecule has 1 aliphatic rings. The molecule has 2 aromatic carbocycles. The molecule has 0 aliphatic carbocycles. The largest absolute Gasteiger partial charge is 0.376 e. The molecule has 1 fully saturated rings. The van der Waals surface area contributed by atoms with Gasteiger partial charge in [-0.3, -0.25) is 0 Å². The first-order chi connectivity index (χ1) is 9.43. The molecule has 0 amide bonds. The number of benzene rings is 2. The van der Waals surface area contributed by atoms with Gasteiger partial charge < -0.3 is 14.5 Å². The van der Waals surface area contributed by atoms with Crippen molar-refractivity contribution in [2.24, 2.45) is 0 Å². The van der Waals surface area contributed by atoms with Crippen molar-refractivity contribution in [3.05, 3.63) is 48.0 Å². The minimum atomic E-state index is 0.0329. The fourth-order valence-corrected chi connectivity index (χ4v) is 2.83. The van der Waals surface area contributed by atoms with Gasteiger partial charge in [-0.05, 0) is 6.07 Å². The molecule has 0 spiro atoms. The lowest BCUT2D eigenvalue weighted by Crippen LogP contribution is -2.22. The molecule has 19 heavy (non-hydrogen) atoms. The Bertz CT molecular complexity index is 726. The topological polar surface area (TPSA) is 34.2 Å². The minimum Gasteiger partial charge on any atom is -0.376 e. The summed E-state index contributed by atoms with van der Waals surface area (Å²) in [7, 11) is 0. The van der Waals surface area contributed by atoms with Gasteiger partial charge in [0, 0.05) is 21.9 Å². The van der Waals surface area contributed by atoms with Crippen LogP contribution in [0, 0.1) is 0 Å². The first-order valence-electron chi connectivity index (χ1n) is 6.62. The van der Waals surface area contributed by atoms with Crippen LogP contribution in [0.1, 0.15) is 11.7 Å². The van der Waals surface area contributed by atoms with Crippen molar-refractivity contribution in [1.82, 2.24) is 4.98 Å². The quantitative estimate of drug-likeness (QED) is 0.721. The zero-order valence-corrected chi connectivity index (χ0v) is 10.6. The number of nitrogens with one attached hydrogen (secondary N) is 1. The van der Waals surface area contributed by atoms with Crippen molar-refractivity contribution in [1.29, 1.82) is 0 Å². The molecule has 96 valence electrons. The summed E-state index contributed by atoms with van der Waals surface area (Å²) in [6, 6.07) is 14.8. The van der Waals surface area contributed by atoms with Gasteiger partial charge in [-0.1, -0.05) is 36.4 Å². The summed E-state index contributed by atoms with van der Waals surface area (Å²) in [6.45, 7) is 1.99. The molecular formula is C16H15NO2. The van der Waals surface area contributed by atoms with Gasteiger partial charge in [0.2, 0.25) is 0 Å². The number of para-hydroxylation sites is 2. The fourth-order valence-electron chi connectivity index (χ4n) is 2.83. The van der Waals surface area contributed by atoms with E-state index in [2.05, 4.69) is 47.4 Å². The average molecular weight is 253 g/mol. The first-order valence-corrected chi connectivity index (χ1v) is 6.62. The van der Waals surface area contributed by atoms with Crippen molar-refractivity contribution in [2.75, 3.05) is 19.8 Å². The van der Waals surface area contributed by atoms with Crippen LogP contribution in [0.2, 0.25) is 0 Å². The number of rotatable bonds is 1. The third kappa shape index (κ3) is 1.74. The van der Waals surface area contributed by atoms with Crippen molar-refractivity contribution < 1.29 is 9.47 Å². The van der Waals surface area contributed by atoms with Gasteiger partial charge in [-0.15, -0.1) is 0 Å². The molecule has 1 aliphatic heterocycles. The van der Waals surface area contributed by atoms with Crippen molar-refractivity contribution in [2.45, 2.75) is 6.10 Å². The normalized spacial score (nSPS) is 20.1. The zero-order chi connectivity index (χ0) is 12.7. The van der Waals surface area contributed by atoms with E-state index in [1.165, 1.54) is 27.4 Å². The Labute approximate surface area is 111 Å². The highest BCUT2D eigenvalue weighted by molar-refractivity contribution is 6.08. The van der Waals surface area contributed by atoms with E-state index in [0.717, 1.165) is 0 Å². The van der Waals surface area contributed by atoms with Crippen LogP contribution >= 0.6 is 0 Å². The van der Waals surface area contributed by atoms with E-state index in [1.54, 1.807) is 0 Å². The van der Waals surface area contributed by atoms with E-state index in [1.807, 2.05) is 0 Å². The molecule has 1 N–H and O–H groups in total. The zero-order valence-electron chi connectivity index (χ0n) is 10.6. The van der Waals surface area contributed by atoms with E-state index in [9.17, 15) is 0 Å². The predicted molar refractivity (Wildman–Crippen MR) is 75.3 cm³/mol. The molecule has 1 atom stereocenters. The second-order valence-electron chi connectivity index (χ2n) is 4.87. The van der Waals surface area contributed by atoms with E-state index in [0.29, 0.717) is 19.8 Å². The Morgan fingerprint density at radius 3 is 2.74 bits per heavy atom. The molecule has 2 heterocycles. The summed E-state index contributed by atoms with van der Waals surface area (Å²) in [5.74, 6) is 0. The summed E-state index contributed by atoms with van der Waals surface area (Å²) >= 11 is 0. The number of aromatic amines is 1. The van der Waals surface area contributed by atoms with Gasteiger partial charge in [0.1, 0.15) is 6.10 Å². The number of fused-ring (bicyclic) bond motifs is 3. The van der Waals surface area contributed by atoms with Crippen LogP contribution in [0.15, 0.2) is 42.5 Å². The number of ether oxygens (including phenoxy) is 2. The SMILES string of the molecule is c1ccc2c(c1)[nH]c1c(C3COCCO3)cccc12. The molecule has 3 nitrogen and oxygen atoms in total. The Kier molecular flexibility index (Phi) is 2.53. The van der Waals surface area contributed by atoms with Gasteiger partial charge in [-0.2, -0.15) is 0 Å². The van der Waals surface area contributed by atoms with E-state index >= 15 is 0 Å². The highest BCUT2D eigenvalue weighted by Gasteiger charge is 2.20. The van der Waals surface area contributed by atoms with Crippen LogP contribution in [0.25, 0.3) is 21.8 Å². The fraction of sp³-hybridized carbons (Fsp3) is 0.250. The molecule has 0 bridgehead atoms. The maximum Gasteiger partial charge on any atom is 0.108 e. The molecule has 4 rings (SSSR count). The number of hydrogen-bond acceptors (Lipinski definition) is 2. The summed E-state index contributed by atoms with van der Waals surface area (Å²) in [4.78, 5) is 3.51. The lowest BCUT2D eigenvalue weighted by molar-refractivity contribution is -0.0896. The molecule has 0 saturated carbocycles. The van der Waals surface area contributed by atoms with Crippen LogP contribution in [0.3, 0.4) is 0 Å². The third-order valence-corrected chi connectivity index (χ3v) is 3.74. The van der Waals surface area contributed by atoms with E-state index in [4.69, 9.17) is 9.47 Å². The summed E-state index contributed by atoms with van der Waals surface area (Å²) in [5, 5.41) is 2.51. The van der Waals surface area contributed by atoms with Crippen molar-refractivity contribution in [3.63, 3.8) is 0 Å². The smallest absolute Gasteiger partial charge is 0.108 e. The van der Waals surface area contributed by atoms with Crippen molar-refractivity contribution in [3.8, 4) is 0 Å². The van der Waals surface area contributed by atoms with Crippen molar-refractivity contribution >= 4 is 21.8 Å². The van der Waals surface area contributed by atoms with Crippen LogP contribution in [-0.2, 0) is 9.47 Å². The summed E-state index contributed by atoms with van der Waals surface area (Å²) in [5.41, 5.74) is 3.52. The lowest BCUT2D eigenvalue weighted by Gasteiger charge is -2.23. The average Bonchev–Trinajstić information content (AvgIpc) is 2.87. The third-order valence-electron chi connectivity index (χ3n) is 3.74. The molecule has 1 unspecified atom stereocenters. The minimum absolute atomic E-state index is 0.0329. The van der Waals surface area contributed by atoms with Gasteiger partial charge in [0.25, 0.3) is 0 Å². The number of hydrogen-bond donors (Lipinski definition) is 1. The van der Waals surface area contributed by atoms with Crippen LogP contribution in [0.5, 0.6) is 0 Å². The predicted octanol–water partition coefficient (Wildman–Crippen LogP) is 3.41. The number of aromatic nitrogens is 1. The Morgan fingerprint density at radius 1 is 0.947 bits per heavy atom. The molecule has 3 heteroatoms. The molecule has 1 aromatic heterocycles. The van der Waals surface area contributed by atoms with Gasteiger partial charge >= 0.3 is 0 Å². The first kappa shape index (κ1) is 11.0. The Morgan fingerprint density at radius 2 is 1.84 bits per heavy atom. The molecular weight excluding hydrogens is 238 g/mol. The molecule has 0 radical (unpaired) electrons. The maximum atomic E-state index is 5.82. The lowest BCUT2D eigenvalue weighted by atomic mass is 10.0. The van der Waals surface area contributed by atoms with Crippen LogP contribution in [-0.4, -0.2) is 24.8 Å². The highest BCUT2D eigenvalue weighted by atomic mass is 16.6. The monoisotopic (exact) mass is 253 g/mol. The van der Waals surface area contributed by atoms with Gasteiger partial charge in [0.05, 0.1) is 25.3 Å². The van der Waals surface area contributed by atoms with Gasteiger partial charge in [0.15, 0.2) is 0 Å². The molecule has 1 saturated heterocycles. The molecule has 3 aromatic rings. The summed E-state index contributed by atoms with van der Waals surface area (Å²) in [6.07, 6.45) is 0.0329. The number of H-pyrrole nitrogens is 1. The van der Waals surface area contributed by atoms with Gasteiger partial charge in [-0.25, -0.2) is 0 Å². The van der Waals surface area contributed by atoms with E-state index < -0.39 is 0 Å². The standard InChI is InChI=1S/C16H15NO2/c1-2-7-14-11(4-1)12-5-3-6-13(16(12)17-14)15-10-18-8-9-19-15/h1-7,15,17H,8-10H2. The summed E-state index contributed by atoms with van der Waals surface area (Å²) < 4.78 is 11.3. The van der Waals surface area contributed by atoms with Crippen LogP contribution in [0.4, 0.5) is 0 Å². The second-order valence-corrected chi connectivity index (χ2v) is 4.87. The highest BCUT2D eigenvalue weighted by Crippen LogP contribution is 2.32.